The van der Waals surface area contributed by atoms with Gasteiger partial charge in [-0.3, -0.25) is 4.79 Å². The largest absolute Gasteiger partial charge is 0.382 e. The number of anilines is 2. The summed E-state index contributed by atoms with van der Waals surface area (Å²) >= 11 is 1.32. The molecule has 1 aromatic rings. The molecule has 0 radical (unpaired) electrons. The summed E-state index contributed by atoms with van der Waals surface area (Å²) in [4.78, 5) is 20.9. The van der Waals surface area contributed by atoms with Crippen molar-refractivity contribution in [3.8, 4) is 0 Å². The molecule has 0 saturated carbocycles. The average Bonchev–Trinajstić information content (AvgIpc) is 2.93. The Morgan fingerprint density at radius 2 is 2.37 bits per heavy atom. The predicted octanol–water partition coefficient (Wildman–Crippen LogP) is 0.615. The van der Waals surface area contributed by atoms with Crippen LogP contribution < -0.4 is 16.0 Å². The number of nitrogens with zero attached hydrogens (tertiary/aromatic N) is 3. The SMILES string of the molecule is CN(C)c1nc(N)c(C(=O)NCC2CCCN2C)s1. The number of likely N-dealkylation sites (N-methyl/N-ethyl adjacent to an activating group) is 1. The van der Waals surface area contributed by atoms with Gasteiger partial charge in [0.2, 0.25) is 0 Å². The van der Waals surface area contributed by atoms with E-state index >= 15 is 0 Å². The highest BCUT2D eigenvalue weighted by atomic mass is 32.1. The summed E-state index contributed by atoms with van der Waals surface area (Å²) in [5.41, 5.74) is 5.79. The van der Waals surface area contributed by atoms with E-state index in [1.54, 1.807) is 0 Å². The van der Waals surface area contributed by atoms with E-state index in [1.807, 2.05) is 19.0 Å². The molecule has 1 aliphatic heterocycles. The van der Waals surface area contributed by atoms with E-state index in [4.69, 9.17) is 5.73 Å². The van der Waals surface area contributed by atoms with Crippen molar-refractivity contribution in [2.24, 2.45) is 0 Å². The number of likely N-dealkylation sites (tertiary alicyclic amines) is 1. The lowest BCUT2D eigenvalue weighted by Crippen LogP contribution is -2.38. The third-order valence-corrected chi connectivity index (χ3v) is 4.64. The minimum absolute atomic E-state index is 0.122. The molecule has 0 spiro atoms. The molecule has 0 bridgehead atoms. The lowest BCUT2D eigenvalue weighted by molar-refractivity contribution is 0.0948. The van der Waals surface area contributed by atoms with Gasteiger partial charge in [-0.15, -0.1) is 0 Å². The summed E-state index contributed by atoms with van der Waals surface area (Å²) in [6.07, 6.45) is 2.34. The predicted molar refractivity (Wildman–Crippen MR) is 78.8 cm³/mol. The maximum absolute atomic E-state index is 12.1. The molecule has 3 N–H and O–H groups in total. The molecular formula is C12H21N5OS. The third-order valence-electron chi connectivity index (χ3n) is 3.40. The lowest BCUT2D eigenvalue weighted by atomic mass is 10.2. The first-order valence-electron chi connectivity index (χ1n) is 6.41. The summed E-state index contributed by atoms with van der Waals surface area (Å²) in [6, 6.07) is 0.436. The van der Waals surface area contributed by atoms with Crippen LogP contribution in [0.15, 0.2) is 0 Å². The van der Waals surface area contributed by atoms with Gasteiger partial charge in [0.25, 0.3) is 5.91 Å². The molecule has 1 atom stereocenters. The Morgan fingerprint density at radius 1 is 1.63 bits per heavy atom. The van der Waals surface area contributed by atoms with E-state index in [0.717, 1.165) is 18.1 Å². The van der Waals surface area contributed by atoms with E-state index in [-0.39, 0.29) is 5.91 Å². The zero-order valence-electron chi connectivity index (χ0n) is 11.6. The molecule has 1 unspecified atom stereocenters. The van der Waals surface area contributed by atoms with Gasteiger partial charge in [-0.05, 0) is 26.4 Å². The summed E-state index contributed by atoms with van der Waals surface area (Å²) < 4.78 is 0. The first-order valence-corrected chi connectivity index (χ1v) is 7.22. The second-order valence-corrected chi connectivity index (χ2v) is 6.07. The van der Waals surface area contributed by atoms with Gasteiger partial charge in [0, 0.05) is 26.7 Å². The monoisotopic (exact) mass is 283 g/mol. The number of carbonyl (C=O) groups is 1. The Balaban J connectivity index is 1.96. The van der Waals surface area contributed by atoms with Crippen molar-refractivity contribution >= 4 is 28.2 Å². The van der Waals surface area contributed by atoms with Crippen molar-refractivity contribution in [3.63, 3.8) is 0 Å². The summed E-state index contributed by atoms with van der Waals surface area (Å²) in [5.74, 6) is 0.189. The Labute approximate surface area is 117 Å². The number of rotatable bonds is 4. The van der Waals surface area contributed by atoms with Crippen LogP contribution >= 0.6 is 11.3 Å². The molecule has 1 aliphatic rings. The Bertz CT molecular complexity index is 459. The van der Waals surface area contributed by atoms with Crippen molar-refractivity contribution in [2.75, 3.05) is 44.9 Å². The molecule has 2 heterocycles. The van der Waals surface area contributed by atoms with Crippen LogP contribution in [0.25, 0.3) is 0 Å². The molecule has 0 aliphatic carbocycles. The molecular weight excluding hydrogens is 262 g/mol. The number of hydrogen-bond acceptors (Lipinski definition) is 6. The van der Waals surface area contributed by atoms with Gasteiger partial charge in [-0.25, -0.2) is 4.98 Å². The fourth-order valence-corrected chi connectivity index (χ4v) is 3.03. The summed E-state index contributed by atoms with van der Waals surface area (Å²) in [5, 5.41) is 3.71. The Morgan fingerprint density at radius 3 is 2.89 bits per heavy atom. The molecule has 1 fully saturated rings. The molecule has 2 rings (SSSR count). The first-order chi connectivity index (χ1) is 8.99. The molecule has 1 aromatic heterocycles. The Kier molecular flexibility index (Phi) is 4.26. The fraction of sp³-hybridized carbons (Fsp3) is 0.667. The molecule has 6 nitrogen and oxygen atoms in total. The van der Waals surface area contributed by atoms with Gasteiger partial charge >= 0.3 is 0 Å². The highest BCUT2D eigenvalue weighted by molar-refractivity contribution is 7.18. The van der Waals surface area contributed by atoms with Crippen LogP contribution in [0.2, 0.25) is 0 Å². The van der Waals surface area contributed by atoms with Crippen molar-refractivity contribution < 1.29 is 4.79 Å². The highest BCUT2D eigenvalue weighted by Gasteiger charge is 2.23. The number of carbonyl (C=O) groups excluding carboxylic acids is 1. The fourth-order valence-electron chi connectivity index (χ4n) is 2.20. The van der Waals surface area contributed by atoms with Crippen molar-refractivity contribution in [1.29, 1.82) is 0 Å². The molecule has 19 heavy (non-hydrogen) atoms. The number of aromatic nitrogens is 1. The van der Waals surface area contributed by atoms with E-state index in [2.05, 4.69) is 22.2 Å². The third kappa shape index (κ3) is 3.16. The zero-order chi connectivity index (χ0) is 14.0. The summed E-state index contributed by atoms with van der Waals surface area (Å²) in [7, 11) is 5.86. The van der Waals surface area contributed by atoms with Gasteiger partial charge in [0.15, 0.2) is 5.13 Å². The molecule has 0 aromatic carbocycles. The van der Waals surface area contributed by atoms with E-state index in [0.29, 0.717) is 23.3 Å². The number of nitrogens with one attached hydrogen (secondary N) is 1. The lowest BCUT2D eigenvalue weighted by Gasteiger charge is -2.19. The summed E-state index contributed by atoms with van der Waals surface area (Å²) in [6.45, 7) is 1.78. The number of amides is 1. The number of nitrogens with two attached hydrogens (primary N) is 1. The zero-order valence-corrected chi connectivity index (χ0v) is 12.5. The van der Waals surface area contributed by atoms with Crippen LogP contribution in [0, 0.1) is 0 Å². The molecule has 1 amide bonds. The van der Waals surface area contributed by atoms with Crippen molar-refractivity contribution in [1.82, 2.24) is 15.2 Å². The second-order valence-electron chi connectivity index (χ2n) is 5.09. The van der Waals surface area contributed by atoms with E-state index < -0.39 is 0 Å². The topological polar surface area (TPSA) is 74.5 Å². The Hall–Kier alpha value is -1.34. The smallest absolute Gasteiger partial charge is 0.265 e. The highest BCUT2D eigenvalue weighted by Crippen LogP contribution is 2.26. The normalized spacial score (nSPS) is 19.6. The van der Waals surface area contributed by atoms with Gasteiger partial charge in [0.05, 0.1) is 0 Å². The van der Waals surface area contributed by atoms with Crippen LogP contribution in [0.4, 0.5) is 10.9 Å². The van der Waals surface area contributed by atoms with Crippen LogP contribution in [-0.2, 0) is 0 Å². The number of nitrogen functional groups attached to an aromatic ring is 1. The van der Waals surface area contributed by atoms with Gasteiger partial charge in [-0.2, -0.15) is 0 Å². The van der Waals surface area contributed by atoms with E-state index in [9.17, 15) is 4.79 Å². The molecule has 7 heteroatoms. The van der Waals surface area contributed by atoms with Crippen LogP contribution in [0.3, 0.4) is 0 Å². The van der Waals surface area contributed by atoms with Gasteiger partial charge < -0.3 is 20.9 Å². The molecule has 1 saturated heterocycles. The van der Waals surface area contributed by atoms with E-state index in [1.165, 1.54) is 17.8 Å². The van der Waals surface area contributed by atoms with Crippen LogP contribution in [0.1, 0.15) is 22.5 Å². The van der Waals surface area contributed by atoms with Gasteiger partial charge in [0.1, 0.15) is 10.7 Å². The van der Waals surface area contributed by atoms with Crippen LogP contribution in [-0.4, -0.2) is 56.1 Å². The number of thiazole rings is 1. The second kappa shape index (κ2) is 5.75. The quantitative estimate of drug-likeness (QED) is 0.847. The minimum atomic E-state index is -0.122. The first kappa shape index (κ1) is 14.1. The van der Waals surface area contributed by atoms with Crippen molar-refractivity contribution in [2.45, 2.75) is 18.9 Å². The van der Waals surface area contributed by atoms with Gasteiger partial charge in [-0.1, -0.05) is 11.3 Å². The van der Waals surface area contributed by atoms with Crippen LogP contribution in [0.5, 0.6) is 0 Å². The maximum Gasteiger partial charge on any atom is 0.265 e. The standard InChI is InChI=1S/C12H21N5OS/c1-16(2)12-15-10(13)9(19-12)11(18)14-7-8-5-4-6-17(8)3/h8H,4-7,13H2,1-3H3,(H,14,18). The maximum atomic E-state index is 12.1. The average molecular weight is 283 g/mol. The molecule has 106 valence electrons. The van der Waals surface area contributed by atoms with Crippen molar-refractivity contribution in [3.05, 3.63) is 4.88 Å². The number of hydrogen-bond donors (Lipinski definition) is 2. The minimum Gasteiger partial charge on any atom is -0.382 e.